The molecule has 2 aromatic rings. The second-order valence-electron chi connectivity index (χ2n) is 6.83. The number of carbonyl (C=O) groups excluding carboxylic acids is 3. The van der Waals surface area contributed by atoms with E-state index in [2.05, 4.69) is 4.99 Å². The van der Waals surface area contributed by atoms with Crippen molar-refractivity contribution in [1.82, 2.24) is 4.90 Å². The topological polar surface area (TPSA) is 137 Å². The number of amides is 2. The molecule has 4 N–H and O–H groups in total. The molecule has 0 unspecified atom stereocenters. The number of ether oxygens (including phenoxy) is 2. The molecule has 10 heteroatoms. The van der Waals surface area contributed by atoms with Gasteiger partial charge in [-0.2, -0.15) is 0 Å². The van der Waals surface area contributed by atoms with Crippen molar-refractivity contribution in [2.45, 2.75) is 24.3 Å². The molecule has 0 spiro atoms. The van der Waals surface area contributed by atoms with E-state index in [-0.39, 0.29) is 17.7 Å². The first-order valence-electron chi connectivity index (χ1n) is 8.85. The minimum atomic E-state index is -1.14. The summed E-state index contributed by atoms with van der Waals surface area (Å²) in [5.74, 6) is -0.494. The number of cyclic esters (lactones) is 1. The smallest absolute Gasteiger partial charge is 0.418 e. The third kappa shape index (κ3) is 4.90. The van der Waals surface area contributed by atoms with Crippen LogP contribution in [0.4, 0.5) is 10.5 Å². The Bertz CT molecular complexity index is 999. The maximum Gasteiger partial charge on any atom is 0.418 e. The SMILES string of the molecule is CC1(C)OC(=O)N(CSc2ccc(OC(=O)c3ccc(N=C(N)N)cc3)cc2)C1=O. The number of hydrogen-bond donors (Lipinski definition) is 2. The van der Waals surface area contributed by atoms with Crippen molar-refractivity contribution < 1.29 is 23.9 Å². The van der Waals surface area contributed by atoms with Crippen LogP contribution in [-0.2, 0) is 9.53 Å². The highest BCUT2D eigenvalue weighted by Crippen LogP contribution is 2.28. The Morgan fingerprint density at radius 2 is 1.73 bits per heavy atom. The second-order valence-corrected chi connectivity index (χ2v) is 7.85. The Morgan fingerprint density at radius 3 is 2.27 bits per heavy atom. The van der Waals surface area contributed by atoms with Gasteiger partial charge in [-0.05, 0) is 62.4 Å². The Kier molecular flexibility index (Phi) is 5.97. The van der Waals surface area contributed by atoms with Crippen LogP contribution in [0.3, 0.4) is 0 Å². The number of aliphatic imine (C=N–C) groups is 1. The molecule has 0 aliphatic carbocycles. The monoisotopic (exact) mass is 428 g/mol. The third-order valence-electron chi connectivity index (χ3n) is 4.08. The number of imide groups is 1. The van der Waals surface area contributed by atoms with Crippen LogP contribution in [-0.4, -0.2) is 40.3 Å². The maximum absolute atomic E-state index is 12.3. The van der Waals surface area contributed by atoms with Gasteiger partial charge in [-0.15, -0.1) is 11.8 Å². The Balaban J connectivity index is 1.57. The Morgan fingerprint density at radius 1 is 1.10 bits per heavy atom. The minimum Gasteiger partial charge on any atom is -0.433 e. The minimum absolute atomic E-state index is 0.0713. The molecule has 1 heterocycles. The molecule has 1 aliphatic rings. The van der Waals surface area contributed by atoms with E-state index in [0.29, 0.717) is 17.0 Å². The summed E-state index contributed by atoms with van der Waals surface area (Å²) < 4.78 is 10.4. The van der Waals surface area contributed by atoms with Gasteiger partial charge in [0.2, 0.25) is 0 Å². The number of guanidine groups is 1. The quantitative estimate of drug-likeness (QED) is 0.235. The highest BCUT2D eigenvalue weighted by atomic mass is 32.2. The van der Waals surface area contributed by atoms with E-state index in [4.69, 9.17) is 20.9 Å². The van der Waals surface area contributed by atoms with E-state index in [1.54, 1.807) is 62.4 Å². The maximum atomic E-state index is 12.3. The van der Waals surface area contributed by atoms with Gasteiger partial charge in [0.05, 0.1) is 17.1 Å². The van der Waals surface area contributed by atoms with Gasteiger partial charge in [-0.1, -0.05) is 0 Å². The number of benzene rings is 2. The van der Waals surface area contributed by atoms with Gasteiger partial charge >= 0.3 is 12.1 Å². The molecule has 0 bridgehead atoms. The van der Waals surface area contributed by atoms with Crippen molar-refractivity contribution in [3.8, 4) is 5.75 Å². The van der Waals surface area contributed by atoms with Crippen LogP contribution in [0.2, 0.25) is 0 Å². The number of nitrogens with zero attached hydrogens (tertiary/aromatic N) is 2. The second kappa shape index (κ2) is 8.46. The van der Waals surface area contributed by atoms with Gasteiger partial charge in [0, 0.05) is 4.90 Å². The zero-order valence-electron chi connectivity index (χ0n) is 16.3. The molecule has 1 saturated heterocycles. The average molecular weight is 428 g/mol. The molecule has 1 aliphatic heterocycles. The predicted octanol–water partition coefficient (Wildman–Crippen LogP) is 2.62. The van der Waals surface area contributed by atoms with Crippen LogP contribution in [0.15, 0.2) is 58.4 Å². The summed E-state index contributed by atoms with van der Waals surface area (Å²) in [6, 6.07) is 13.0. The summed E-state index contributed by atoms with van der Waals surface area (Å²) in [6.07, 6.45) is -0.658. The van der Waals surface area contributed by atoms with Gasteiger partial charge in [0.15, 0.2) is 11.6 Å². The molecular weight excluding hydrogens is 408 g/mol. The van der Waals surface area contributed by atoms with Gasteiger partial charge in [-0.3, -0.25) is 4.79 Å². The van der Waals surface area contributed by atoms with Crippen LogP contribution < -0.4 is 16.2 Å². The van der Waals surface area contributed by atoms with Crippen molar-refractivity contribution >= 4 is 41.4 Å². The predicted molar refractivity (Wildman–Crippen MR) is 111 cm³/mol. The normalized spacial score (nSPS) is 14.9. The van der Waals surface area contributed by atoms with Crippen molar-refractivity contribution in [3.05, 3.63) is 54.1 Å². The molecule has 2 amide bonds. The van der Waals surface area contributed by atoms with E-state index in [1.807, 2.05) is 0 Å². The number of nitrogens with two attached hydrogens (primary N) is 2. The van der Waals surface area contributed by atoms with Crippen molar-refractivity contribution in [2.75, 3.05) is 5.88 Å². The van der Waals surface area contributed by atoms with Crippen LogP contribution in [0.1, 0.15) is 24.2 Å². The van der Waals surface area contributed by atoms with Crippen molar-refractivity contribution in [1.29, 1.82) is 0 Å². The highest BCUT2D eigenvalue weighted by Gasteiger charge is 2.46. The molecule has 156 valence electrons. The van der Waals surface area contributed by atoms with Crippen LogP contribution in [0.5, 0.6) is 5.75 Å². The van der Waals surface area contributed by atoms with Crippen LogP contribution >= 0.6 is 11.8 Å². The molecule has 1 fully saturated rings. The van der Waals surface area contributed by atoms with E-state index in [9.17, 15) is 14.4 Å². The lowest BCUT2D eigenvalue weighted by molar-refractivity contribution is -0.134. The summed E-state index contributed by atoms with van der Waals surface area (Å²) in [5.41, 5.74) is 10.3. The molecule has 0 aromatic heterocycles. The van der Waals surface area contributed by atoms with E-state index in [0.717, 1.165) is 9.80 Å². The van der Waals surface area contributed by atoms with Gasteiger partial charge in [-0.25, -0.2) is 19.5 Å². The van der Waals surface area contributed by atoms with Crippen molar-refractivity contribution in [3.63, 3.8) is 0 Å². The first-order chi connectivity index (χ1) is 14.2. The lowest BCUT2D eigenvalue weighted by atomic mass is 10.1. The molecule has 30 heavy (non-hydrogen) atoms. The fourth-order valence-corrected chi connectivity index (χ4v) is 3.40. The number of thioether (sulfide) groups is 1. The number of rotatable bonds is 6. The lowest BCUT2D eigenvalue weighted by Crippen LogP contribution is -2.35. The summed E-state index contributed by atoms with van der Waals surface area (Å²) in [4.78, 5) is 41.9. The zero-order chi connectivity index (χ0) is 21.9. The first kappa shape index (κ1) is 21.2. The van der Waals surface area contributed by atoms with Gasteiger partial charge in [0.25, 0.3) is 5.91 Å². The van der Waals surface area contributed by atoms with Crippen LogP contribution in [0, 0.1) is 0 Å². The number of hydrogen-bond acceptors (Lipinski definition) is 7. The van der Waals surface area contributed by atoms with E-state index >= 15 is 0 Å². The number of esters is 1. The summed E-state index contributed by atoms with van der Waals surface area (Å²) >= 11 is 1.29. The molecule has 2 aromatic carbocycles. The molecule has 0 saturated carbocycles. The first-order valence-corrected chi connectivity index (χ1v) is 9.84. The largest absolute Gasteiger partial charge is 0.433 e. The molecule has 9 nitrogen and oxygen atoms in total. The van der Waals surface area contributed by atoms with Crippen molar-refractivity contribution in [2.24, 2.45) is 16.5 Å². The molecule has 3 rings (SSSR count). The van der Waals surface area contributed by atoms with E-state index in [1.165, 1.54) is 11.8 Å². The summed E-state index contributed by atoms with van der Waals surface area (Å²) in [6.45, 7) is 3.10. The number of carbonyl (C=O) groups is 3. The van der Waals surface area contributed by atoms with E-state index < -0.39 is 17.7 Å². The summed E-state index contributed by atoms with van der Waals surface area (Å²) in [5, 5.41) is 0. The van der Waals surface area contributed by atoms with Gasteiger partial charge in [0.1, 0.15) is 5.75 Å². The molecule has 0 atom stereocenters. The fourth-order valence-electron chi connectivity index (χ4n) is 2.57. The molecular formula is C20H20N4O5S. The van der Waals surface area contributed by atoms with Crippen LogP contribution in [0.25, 0.3) is 0 Å². The molecule has 0 radical (unpaired) electrons. The average Bonchev–Trinajstić information content (AvgIpc) is 2.88. The summed E-state index contributed by atoms with van der Waals surface area (Å²) in [7, 11) is 0. The standard InChI is InChI=1S/C20H20N4O5S/c1-20(2)17(26)24(19(27)29-20)11-30-15-9-7-14(8-10-15)28-16(25)12-3-5-13(6-4-12)23-18(21)22/h3-10H,11H2,1-2H3,(H4,21,22,23). The third-order valence-corrected chi connectivity index (χ3v) is 5.07. The Hall–Kier alpha value is -3.53. The fraction of sp³-hybridized carbons (Fsp3) is 0.200. The van der Waals surface area contributed by atoms with Gasteiger partial charge < -0.3 is 20.9 Å². The Labute approximate surface area is 177 Å². The zero-order valence-corrected chi connectivity index (χ0v) is 17.1. The lowest BCUT2D eigenvalue weighted by Gasteiger charge is -2.13. The highest BCUT2D eigenvalue weighted by molar-refractivity contribution is 7.99.